The molecule has 0 heterocycles. The Morgan fingerprint density at radius 2 is 1.65 bits per heavy atom. The lowest BCUT2D eigenvalue weighted by atomic mass is 10.1. The quantitative estimate of drug-likeness (QED) is 0.689. The number of hydrogen-bond acceptors (Lipinski definition) is 3. The molecule has 0 spiro atoms. The van der Waals surface area contributed by atoms with E-state index in [0.717, 1.165) is 0 Å². The Morgan fingerprint density at radius 1 is 1.05 bits per heavy atom. The highest BCUT2D eigenvalue weighted by molar-refractivity contribution is 5.87. The van der Waals surface area contributed by atoms with Crippen LogP contribution in [0.4, 0.5) is 0 Å². The van der Waals surface area contributed by atoms with Gasteiger partial charge in [0.05, 0.1) is 6.54 Å². The monoisotopic (exact) mass is 276 g/mol. The molecular weight excluding hydrogens is 260 g/mol. The van der Waals surface area contributed by atoms with E-state index in [1.807, 2.05) is 24.3 Å². The Bertz CT molecular complexity index is 517. The van der Waals surface area contributed by atoms with Gasteiger partial charge in [-0.1, -0.05) is 24.3 Å². The van der Waals surface area contributed by atoms with Crippen LogP contribution in [0.2, 0.25) is 0 Å². The molecule has 2 rings (SSSR count). The van der Waals surface area contributed by atoms with Gasteiger partial charge in [-0.05, 0) is 24.0 Å². The molecule has 1 aromatic rings. The van der Waals surface area contributed by atoms with Gasteiger partial charge < -0.3 is 15.7 Å². The smallest absolute Gasteiger partial charge is 0.322 e. The number of fused-ring (bicyclic) bond motifs is 1. The summed E-state index contributed by atoms with van der Waals surface area (Å²) >= 11 is 0. The van der Waals surface area contributed by atoms with Crippen molar-refractivity contribution in [3.8, 4) is 0 Å². The standard InChI is InChI=1S/C14H16N2O4/c17-12(15-8-13(18)19)7-16-14(20)11-5-9-3-1-2-4-10(9)6-11/h1-4,11H,5-8H2,(H,15,17)(H,16,20)(H,18,19). The lowest BCUT2D eigenvalue weighted by Crippen LogP contribution is -2.41. The molecule has 0 fully saturated rings. The van der Waals surface area contributed by atoms with Crippen molar-refractivity contribution < 1.29 is 19.5 Å². The molecule has 0 aromatic heterocycles. The van der Waals surface area contributed by atoms with E-state index in [1.54, 1.807) is 0 Å². The van der Waals surface area contributed by atoms with E-state index in [4.69, 9.17) is 5.11 Å². The van der Waals surface area contributed by atoms with Crippen LogP contribution in [0.15, 0.2) is 24.3 Å². The number of carboxylic acid groups (broad SMARTS) is 1. The molecule has 106 valence electrons. The summed E-state index contributed by atoms with van der Waals surface area (Å²) in [6, 6.07) is 7.89. The topological polar surface area (TPSA) is 95.5 Å². The van der Waals surface area contributed by atoms with E-state index < -0.39 is 18.4 Å². The van der Waals surface area contributed by atoms with Gasteiger partial charge in [-0.15, -0.1) is 0 Å². The normalized spacial score (nSPS) is 13.6. The van der Waals surface area contributed by atoms with Crippen LogP contribution >= 0.6 is 0 Å². The SMILES string of the molecule is O=C(O)CNC(=O)CNC(=O)C1Cc2ccccc2C1. The van der Waals surface area contributed by atoms with Crippen LogP contribution in [0.25, 0.3) is 0 Å². The maximum absolute atomic E-state index is 11.9. The van der Waals surface area contributed by atoms with Crippen LogP contribution in [0.3, 0.4) is 0 Å². The molecule has 2 amide bonds. The average molecular weight is 276 g/mol. The fourth-order valence-corrected chi connectivity index (χ4v) is 2.29. The summed E-state index contributed by atoms with van der Waals surface area (Å²) in [6.45, 7) is -0.636. The lowest BCUT2D eigenvalue weighted by molar-refractivity contribution is -0.137. The van der Waals surface area contributed by atoms with Crippen molar-refractivity contribution in [3.05, 3.63) is 35.4 Å². The van der Waals surface area contributed by atoms with Crippen LogP contribution in [0.1, 0.15) is 11.1 Å². The van der Waals surface area contributed by atoms with Crippen LogP contribution in [-0.4, -0.2) is 36.0 Å². The van der Waals surface area contributed by atoms with Gasteiger partial charge in [-0.3, -0.25) is 14.4 Å². The van der Waals surface area contributed by atoms with E-state index >= 15 is 0 Å². The zero-order valence-electron chi connectivity index (χ0n) is 10.9. The molecule has 3 N–H and O–H groups in total. The third kappa shape index (κ3) is 3.57. The van der Waals surface area contributed by atoms with Crippen LogP contribution in [0.5, 0.6) is 0 Å². The van der Waals surface area contributed by atoms with E-state index in [0.29, 0.717) is 12.8 Å². The largest absolute Gasteiger partial charge is 0.480 e. The highest BCUT2D eigenvalue weighted by Crippen LogP contribution is 2.26. The molecule has 0 atom stereocenters. The highest BCUT2D eigenvalue weighted by Gasteiger charge is 2.27. The zero-order valence-corrected chi connectivity index (χ0v) is 10.9. The Morgan fingerprint density at radius 3 is 2.20 bits per heavy atom. The van der Waals surface area contributed by atoms with Gasteiger partial charge in [0.25, 0.3) is 0 Å². The molecule has 0 radical (unpaired) electrons. The third-order valence-electron chi connectivity index (χ3n) is 3.28. The molecule has 6 heteroatoms. The first-order chi connectivity index (χ1) is 9.56. The average Bonchev–Trinajstić information content (AvgIpc) is 2.86. The molecule has 0 saturated heterocycles. The van der Waals surface area contributed by atoms with E-state index in [1.165, 1.54) is 11.1 Å². The van der Waals surface area contributed by atoms with Crippen LogP contribution in [0, 0.1) is 5.92 Å². The van der Waals surface area contributed by atoms with Crippen molar-refractivity contribution in [1.82, 2.24) is 10.6 Å². The first-order valence-electron chi connectivity index (χ1n) is 6.39. The van der Waals surface area contributed by atoms with Crippen molar-refractivity contribution in [2.24, 2.45) is 5.92 Å². The van der Waals surface area contributed by atoms with Gasteiger partial charge in [0.2, 0.25) is 11.8 Å². The van der Waals surface area contributed by atoms with E-state index in [9.17, 15) is 14.4 Å². The summed E-state index contributed by atoms with van der Waals surface area (Å²) < 4.78 is 0. The third-order valence-corrected chi connectivity index (χ3v) is 3.28. The summed E-state index contributed by atoms with van der Waals surface area (Å²) in [6.07, 6.45) is 1.36. The number of rotatable bonds is 5. The Labute approximate surface area is 116 Å². The number of benzene rings is 1. The van der Waals surface area contributed by atoms with Crippen molar-refractivity contribution in [1.29, 1.82) is 0 Å². The minimum atomic E-state index is -1.11. The zero-order chi connectivity index (χ0) is 14.5. The summed E-state index contributed by atoms with van der Waals surface area (Å²) in [5.74, 6) is -1.95. The van der Waals surface area contributed by atoms with Crippen LogP contribution < -0.4 is 10.6 Å². The fourth-order valence-electron chi connectivity index (χ4n) is 2.29. The number of carboxylic acids is 1. The Hall–Kier alpha value is -2.37. The first kappa shape index (κ1) is 14.0. The van der Waals surface area contributed by atoms with Gasteiger partial charge in [-0.25, -0.2) is 0 Å². The predicted octanol–water partition coefficient (Wildman–Crippen LogP) is -0.282. The van der Waals surface area contributed by atoms with Gasteiger partial charge >= 0.3 is 5.97 Å². The van der Waals surface area contributed by atoms with Crippen LogP contribution in [-0.2, 0) is 27.2 Å². The first-order valence-corrected chi connectivity index (χ1v) is 6.39. The number of amides is 2. The number of nitrogens with one attached hydrogen (secondary N) is 2. The maximum Gasteiger partial charge on any atom is 0.322 e. The minimum Gasteiger partial charge on any atom is -0.480 e. The fraction of sp³-hybridized carbons (Fsp3) is 0.357. The second-order valence-electron chi connectivity index (χ2n) is 4.76. The van der Waals surface area contributed by atoms with E-state index in [-0.39, 0.29) is 18.4 Å². The Balaban J connectivity index is 1.77. The molecule has 1 aliphatic rings. The number of carbonyl (C=O) groups excluding carboxylic acids is 2. The molecular formula is C14H16N2O4. The molecule has 6 nitrogen and oxygen atoms in total. The minimum absolute atomic E-state index is 0.153. The molecule has 0 bridgehead atoms. The van der Waals surface area contributed by atoms with Crippen molar-refractivity contribution >= 4 is 17.8 Å². The second kappa shape index (κ2) is 6.18. The number of hydrogen-bond donors (Lipinski definition) is 3. The molecule has 0 unspecified atom stereocenters. The van der Waals surface area contributed by atoms with Crippen molar-refractivity contribution in [2.75, 3.05) is 13.1 Å². The second-order valence-corrected chi connectivity index (χ2v) is 4.76. The summed E-state index contributed by atoms with van der Waals surface area (Å²) in [4.78, 5) is 33.5. The molecule has 20 heavy (non-hydrogen) atoms. The van der Waals surface area contributed by atoms with Gasteiger partial charge in [0, 0.05) is 5.92 Å². The highest BCUT2D eigenvalue weighted by atomic mass is 16.4. The van der Waals surface area contributed by atoms with Gasteiger partial charge in [-0.2, -0.15) is 0 Å². The maximum atomic E-state index is 11.9. The lowest BCUT2D eigenvalue weighted by Gasteiger charge is -2.10. The van der Waals surface area contributed by atoms with Gasteiger partial charge in [0.15, 0.2) is 0 Å². The predicted molar refractivity (Wildman–Crippen MR) is 71.0 cm³/mol. The molecule has 1 aromatic carbocycles. The number of carbonyl (C=O) groups is 3. The molecule has 1 aliphatic carbocycles. The molecule has 0 saturated carbocycles. The van der Waals surface area contributed by atoms with Crippen molar-refractivity contribution in [2.45, 2.75) is 12.8 Å². The van der Waals surface area contributed by atoms with E-state index in [2.05, 4.69) is 10.6 Å². The number of aliphatic carboxylic acids is 1. The molecule has 0 aliphatic heterocycles. The summed E-state index contributed by atoms with van der Waals surface area (Å²) in [5.41, 5.74) is 2.34. The summed E-state index contributed by atoms with van der Waals surface area (Å²) in [7, 11) is 0. The van der Waals surface area contributed by atoms with Crippen molar-refractivity contribution in [3.63, 3.8) is 0 Å². The summed E-state index contributed by atoms with van der Waals surface area (Å²) in [5, 5.41) is 13.1. The van der Waals surface area contributed by atoms with Gasteiger partial charge in [0.1, 0.15) is 6.54 Å². The Kier molecular flexibility index (Phi) is 4.34.